The van der Waals surface area contributed by atoms with Crippen molar-refractivity contribution in [3.63, 3.8) is 0 Å². The van der Waals surface area contributed by atoms with E-state index in [2.05, 4.69) is 17.4 Å². The van der Waals surface area contributed by atoms with Gasteiger partial charge in [0.2, 0.25) is 5.91 Å². The largest absolute Gasteiger partial charge is 0.449 e. The Morgan fingerprint density at radius 3 is 2.64 bits per heavy atom. The molecule has 25 heavy (non-hydrogen) atoms. The number of amides is 2. The van der Waals surface area contributed by atoms with Crippen molar-refractivity contribution >= 4 is 12.0 Å². The summed E-state index contributed by atoms with van der Waals surface area (Å²) in [5.74, 6) is 0.131. The molecule has 2 aliphatic carbocycles. The Hall–Kier alpha value is -2.04. The summed E-state index contributed by atoms with van der Waals surface area (Å²) in [6, 6.07) is 10.2. The lowest BCUT2D eigenvalue weighted by Gasteiger charge is -2.27. The lowest BCUT2D eigenvalue weighted by atomic mass is 9.84. The van der Waals surface area contributed by atoms with Gasteiger partial charge in [-0.15, -0.1) is 0 Å². The summed E-state index contributed by atoms with van der Waals surface area (Å²) >= 11 is 0. The molecule has 0 bridgehead atoms. The summed E-state index contributed by atoms with van der Waals surface area (Å²) < 4.78 is 5.05. The van der Waals surface area contributed by atoms with Crippen molar-refractivity contribution in [2.75, 3.05) is 26.2 Å². The standard InChI is InChI=1S/C20H26N2O3/c23-17(21-11-13-22-12-6-14-25-18(22)24)20(16-7-2-1-3-8-16)15-19(20)9-4-5-10-19/h1-3,7-8H,4-6,9-15H2,(H,21,23). The first-order valence-electron chi connectivity index (χ1n) is 9.44. The average Bonchev–Trinajstić information content (AvgIpc) is 3.05. The summed E-state index contributed by atoms with van der Waals surface area (Å²) in [5, 5.41) is 3.11. The monoisotopic (exact) mass is 342 g/mol. The SMILES string of the molecule is O=C1OCCCN1CCNC(=O)C1(c2ccccc2)CC12CCCC2. The van der Waals surface area contributed by atoms with Gasteiger partial charge in [0.1, 0.15) is 0 Å². The van der Waals surface area contributed by atoms with Gasteiger partial charge in [0.05, 0.1) is 12.0 Å². The second-order valence-electron chi connectivity index (χ2n) is 7.65. The van der Waals surface area contributed by atoms with Crippen molar-refractivity contribution in [1.82, 2.24) is 10.2 Å². The maximum atomic E-state index is 13.2. The Morgan fingerprint density at radius 2 is 1.92 bits per heavy atom. The van der Waals surface area contributed by atoms with Gasteiger partial charge in [0.25, 0.3) is 0 Å². The molecule has 134 valence electrons. The highest BCUT2D eigenvalue weighted by molar-refractivity contribution is 5.93. The Balaban J connectivity index is 1.44. The Labute approximate surface area is 148 Å². The molecule has 4 rings (SSSR count). The van der Waals surface area contributed by atoms with Gasteiger partial charge in [0, 0.05) is 19.6 Å². The molecular weight excluding hydrogens is 316 g/mol. The minimum absolute atomic E-state index is 0.131. The summed E-state index contributed by atoms with van der Waals surface area (Å²) in [7, 11) is 0. The molecule has 1 N–H and O–H groups in total. The molecule has 5 nitrogen and oxygen atoms in total. The molecule has 0 aromatic heterocycles. The first-order chi connectivity index (χ1) is 12.2. The Morgan fingerprint density at radius 1 is 1.16 bits per heavy atom. The lowest BCUT2D eigenvalue weighted by Crippen LogP contribution is -2.45. The summed E-state index contributed by atoms with van der Waals surface area (Å²) in [6.07, 6.45) is 6.29. The van der Waals surface area contributed by atoms with Gasteiger partial charge in [-0.05, 0) is 36.7 Å². The zero-order valence-corrected chi connectivity index (χ0v) is 14.6. The molecule has 1 aromatic carbocycles. The van der Waals surface area contributed by atoms with Gasteiger partial charge in [-0.3, -0.25) is 4.79 Å². The van der Waals surface area contributed by atoms with Gasteiger partial charge in [0.15, 0.2) is 0 Å². The van der Waals surface area contributed by atoms with Crippen molar-refractivity contribution in [3.05, 3.63) is 35.9 Å². The van der Waals surface area contributed by atoms with E-state index in [4.69, 9.17) is 4.74 Å². The highest BCUT2D eigenvalue weighted by Crippen LogP contribution is 2.72. The molecule has 1 heterocycles. The van der Waals surface area contributed by atoms with E-state index in [9.17, 15) is 9.59 Å². The molecule has 1 aliphatic heterocycles. The fourth-order valence-corrected chi connectivity index (χ4v) is 4.96. The van der Waals surface area contributed by atoms with Crippen LogP contribution in [0.15, 0.2) is 30.3 Å². The number of hydrogen-bond donors (Lipinski definition) is 1. The molecule has 1 saturated heterocycles. The fraction of sp³-hybridized carbons (Fsp3) is 0.600. The molecule has 2 saturated carbocycles. The second-order valence-corrected chi connectivity index (χ2v) is 7.65. The van der Waals surface area contributed by atoms with E-state index < -0.39 is 0 Å². The van der Waals surface area contributed by atoms with E-state index in [1.165, 1.54) is 12.8 Å². The van der Waals surface area contributed by atoms with Crippen LogP contribution in [0.1, 0.15) is 44.1 Å². The van der Waals surface area contributed by atoms with Crippen LogP contribution in [0, 0.1) is 5.41 Å². The van der Waals surface area contributed by atoms with Gasteiger partial charge in [-0.25, -0.2) is 4.79 Å². The minimum atomic E-state index is -0.368. The molecule has 1 atom stereocenters. The van der Waals surface area contributed by atoms with Crippen LogP contribution in [0.5, 0.6) is 0 Å². The van der Waals surface area contributed by atoms with E-state index in [1.807, 2.05) is 18.2 Å². The van der Waals surface area contributed by atoms with Crippen LogP contribution in [0.4, 0.5) is 4.79 Å². The zero-order valence-electron chi connectivity index (χ0n) is 14.6. The predicted octanol–water partition coefficient (Wildman–Crippen LogP) is 2.85. The van der Waals surface area contributed by atoms with Crippen LogP contribution in [-0.4, -0.2) is 43.1 Å². The number of ether oxygens (including phenoxy) is 1. The molecule has 5 heteroatoms. The number of benzene rings is 1. The van der Waals surface area contributed by atoms with Gasteiger partial charge in [-0.1, -0.05) is 43.2 Å². The highest BCUT2D eigenvalue weighted by atomic mass is 16.6. The number of carbonyl (C=O) groups excluding carboxylic acids is 2. The summed E-state index contributed by atoms with van der Waals surface area (Å²) in [4.78, 5) is 26.5. The maximum Gasteiger partial charge on any atom is 0.409 e. The molecule has 3 fully saturated rings. The number of nitrogens with zero attached hydrogens (tertiary/aromatic N) is 1. The van der Waals surface area contributed by atoms with Crippen LogP contribution in [0.2, 0.25) is 0 Å². The molecule has 1 spiro atoms. The maximum absolute atomic E-state index is 13.2. The van der Waals surface area contributed by atoms with Crippen LogP contribution >= 0.6 is 0 Å². The Kier molecular flexibility index (Phi) is 4.18. The van der Waals surface area contributed by atoms with Crippen LogP contribution in [0.25, 0.3) is 0 Å². The predicted molar refractivity (Wildman–Crippen MR) is 94.2 cm³/mol. The molecular formula is C20H26N2O3. The van der Waals surface area contributed by atoms with Gasteiger partial charge >= 0.3 is 6.09 Å². The molecule has 1 aromatic rings. The van der Waals surface area contributed by atoms with Crippen molar-refractivity contribution in [2.45, 2.75) is 43.9 Å². The third-order valence-corrected chi connectivity index (χ3v) is 6.32. The number of carbonyl (C=O) groups is 2. The van der Waals surface area contributed by atoms with E-state index in [0.29, 0.717) is 26.2 Å². The molecule has 0 radical (unpaired) electrons. The van der Waals surface area contributed by atoms with Crippen LogP contribution in [-0.2, 0) is 14.9 Å². The molecule has 2 amide bonds. The van der Waals surface area contributed by atoms with E-state index >= 15 is 0 Å². The van der Waals surface area contributed by atoms with E-state index in [-0.39, 0.29) is 22.8 Å². The first kappa shape index (κ1) is 16.4. The molecule has 3 aliphatic rings. The second kappa shape index (κ2) is 6.36. The van der Waals surface area contributed by atoms with Crippen molar-refractivity contribution < 1.29 is 14.3 Å². The van der Waals surface area contributed by atoms with Crippen molar-refractivity contribution in [1.29, 1.82) is 0 Å². The first-order valence-corrected chi connectivity index (χ1v) is 9.44. The van der Waals surface area contributed by atoms with Crippen LogP contribution < -0.4 is 5.32 Å². The number of rotatable bonds is 5. The third kappa shape index (κ3) is 2.70. The van der Waals surface area contributed by atoms with E-state index in [1.54, 1.807) is 4.90 Å². The van der Waals surface area contributed by atoms with Gasteiger partial charge < -0.3 is 15.0 Å². The van der Waals surface area contributed by atoms with Gasteiger partial charge in [-0.2, -0.15) is 0 Å². The number of cyclic esters (lactones) is 1. The Bertz CT molecular complexity index is 654. The quantitative estimate of drug-likeness (QED) is 0.895. The third-order valence-electron chi connectivity index (χ3n) is 6.32. The topological polar surface area (TPSA) is 58.6 Å². The van der Waals surface area contributed by atoms with Crippen molar-refractivity contribution in [2.24, 2.45) is 5.41 Å². The lowest BCUT2D eigenvalue weighted by molar-refractivity contribution is -0.124. The number of hydrogen-bond acceptors (Lipinski definition) is 3. The van der Waals surface area contributed by atoms with E-state index in [0.717, 1.165) is 31.2 Å². The van der Waals surface area contributed by atoms with Crippen molar-refractivity contribution in [3.8, 4) is 0 Å². The summed E-state index contributed by atoms with van der Waals surface area (Å²) in [6.45, 7) is 2.21. The fourth-order valence-electron chi connectivity index (χ4n) is 4.96. The number of nitrogens with one attached hydrogen (secondary N) is 1. The minimum Gasteiger partial charge on any atom is -0.449 e. The molecule has 1 unspecified atom stereocenters. The average molecular weight is 342 g/mol. The normalized spacial score (nSPS) is 27.2. The summed E-state index contributed by atoms with van der Waals surface area (Å²) in [5.41, 5.74) is 0.933. The smallest absolute Gasteiger partial charge is 0.409 e. The van der Waals surface area contributed by atoms with Crippen LogP contribution in [0.3, 0.4) is 0 Å². The zero-order chi connectivity index (χ0) is 17.3. The highest BCUT2D eigenvalue weighted by Gasteiger charge is 2.72.